The van der Waals surface area contributed by atoms with Crippen LogP contribution in [0.1, 0.15) is 109 Å². The fourth-order valence-corrected chi connectivity index (χ4v) is 6.61. The molecule has 1 aliphatic rings. The van der Waals surface area contributed by atoms with Crippen molar-refractivity contribution in [3.05, 3.63) is 53.6 Å². The number of unbranched alkanes of at least 4 members (excludes halogenated alkanes) is 3. The predicted molar refractivity (Wildman–Crippen MR) is 157 cm³/mol. The Balaban J connectivity index is 1.40. The summed E-state index contributed by atoms with van der Waals surface area (Å²) in [6.45, 7) is 7.26. The van der Waals surface area contributed by atoms with Gasteiger partial charge in [-0.15, -0.1) is 0 Å². The lowest BCUT2D eigenvalue weighted by molar-refractivity contribution is 0.285. The molecule has 0 spiro atoms. The van der Waals surface area contributed by atoms with Gasteiger partial charge in [0.15, 0.2) is 11.6 Å². The summed E-state index contributed by atoms with van der Waals surface area (Å²) >= 11 is 2.05. The van der Waals surface area contributed by atoms with Crippen LogP contribution in [0.3, 0.4) is 0 Å². The van der Waals surface area contributed by atoms with E-state index < -0.39 is 11.6 Å². The highest BCUT2D eigenvalue weighted by Gasteiger charge is 2.22. The van der Waals surface area contributed by atoms with E-state index in [2.05, 4.69) is 32.9 Å². The van der Waals surface area contributed by atoms with Crippen LogP contribution in [0.4, 0.5) is 8.78 Å². The molecule has 0 aromatic heterocycles. The molecule has 3 rings (SSSR count). The second-order valence-electron chi connectivity index (χ2n) is 11.0. The average molecular weight is 531 g/mol. The Bertz CT molecular complexity index is 905. The van der Waals surface area contributed by atoms with Crippen LogP contribution in [-0.4, -0.2) is 18.1 Å². The summed E-state index contributed by atoms with van der Waals surface area (Å²) in [6, 6.07) is 11.3. The van der Waals surface area contributed by atoms with Gasteiger partial charge in [-0.1, -0.05) is 77.1 Å². The Morgan fingerprint density at radius 3 is 2.30 bits per heavy atom. The van der Waals surface area contributed by atoms with Crippen molar-refractivity contribution in [2.75, 3.05) is 18.1 Å². The molecule has 0 bridgehead atoms. The third-order valence-electron chi connectivity index (χ3n) is 8.18. The van der Waals surface area contributed by atoms with Crippen LogP contribution in [0.2, 0.25) is 0 Å². The van der Waals surface area contributed by atoms with Crippen molar-refractivity contribution in [3.8, 4) is 16.9 Å². The Kier molecular flexibility index (Phi) is 13.3. The van der Waals surface area contributed by atoms with E-state index in [0.29, 0.717) is 23.7 Å². The predicted octanol–water partition coefficient (Wildman–Crippen LogP) is 10.8. The molecule has 0 radical (unpaired) electrons. The molecule has 0 N–H and O–H groups in total. The molecule has 0 amide bonds. The lowest BCUT2D eigenvalue weighted by Crippen LogP contribution is -2.13. The van der Waals surface area contributed by atoms with Gasteiger partial charge in [-0.25, -0.2) is 4.39 Å². The summed E-state index contributed by atoms with van der Waals surface area (Å²) in [5.41, 5.74) is 2.34. The molecular formula is C33H48F2OS. The molecule has 1 saturated carbocycles. The smallest absolute Gasteiger partial charge is 0.201 e. The van der Waals surface area contributed by atoms with Crippen molar-refractivity contribution >= 4 is 11.8 Å². The van der Waals surface area contributed by atoms with Gasteiger partial charge in [0.2, 0.25) is 5.82 Å². The van der Waals surface area contributed by atoms with Crippen molar-refractivity contribution in [2.24, 2.45) is 11.8 Å². The minimum atomic E-state index is -0.881. The molecule has 0 heterocycles. The normalized spacial score (nSPS) is 18.6. The standard InChI is InChI=1S/C33H48F2OS/c1-4-10-26-11-13-27(14-12-26)28-15-17-29(18-16-28)30-19-20-31(33(35)32(30)34)36-22-8-6-7-9-23-37-24-21-25(3)5-2/h15-20,25-27H,4-14,21-24H2,1-3H3. The lowest BCUT2D eigenvalue weighted by Gasteiger charge is -2.28. The van der Waals surface area contributed by atoms with E-state index in [1.165, 1.54) is 74.9 Å². The van der Waals surface area contributed by atoms with E-state index in [1.807, 2.05) is 23.9 Å². The fraction of sp³-hybridized carbons (Fsp3) is 0.636. The van der Waals surface area contributed by atoms with E-state index in [1.54, 1.807) is 12.1 Å². The van der Waals surface area contributed by atoms with Gasteiger partial charge in [-0.2, -0.15) is 16.2 Å². The number of thioether (sulfide) groups is 1. The van der Waals surface area contributed by atoms with E-state index in [9.17, 15) is 8.78 Å². The first-order valence-corrected chi connectivity index (χ1v) is 16.0. The molecule has 1 atom stereocenters. The van der Waals surface area contributed by atoms with Crippen LogP contribution in [0.15, 0.2) is 36.4 Å². The van der Waals surface area contributed by atoms with Crippen molar-refractivity contribution in [2.45, 2.75) is 104 Å². The molecule has 1 unspecified atom stereocenters. The molecule has 206 valence electrons. The highest BCUT2D eigenvalue weighted by Crippen LogP contribution is 2.38. The largest absolute Gasteiger partial charge is 0.490 e. The number of benzene rings is 2. The van der Waals surface area contributed by atoms with Gasteiger partial charge >= 0.3 is 0 Å². The monoisotopic (exact) mass is 530 g/mol. The average Bonchev–Trinajstić information content (AvgIpc) is 2.92. The minimum Gasteiger partial charge on any atom is -0.490 e. The Morgan fingerprint density at radius 2 is 1.59 bits per heavy atom. The minimum absolute atomic E-state index is 0.0160. The molecule has 2 aromatic carbocycles. The Morgan fingerprint density at radius 1 is 0.865 bits per heavy atom. The topological polar surface area (TPSA) is 9.23 Å². The first-order valence-electron chi connectivity index (χ1n) is 14.8. The van der Waals surface area contributed by atoms with Crippen LogP contribution in [-0.2, 0) is 0 Å². The summed E-state index contributed by atoms with van der Waals surface area (Å²) < 4.78 is 35.3. The maximum absolute atomic E-state index is 14.9. The Labute approximate surface area is 229 Å². The summed E-state index contributed by atoms with van der Waals surface area (Å²) in [5.74, 6) is 3.08. The van der Waals surface area contributed by atoms with Crippen molar-refractivity contribution in [3.63, 3.8) is 0 Å². The molecule has 1 aliphatic carbocycles. The first kappa shape index (κ1) is 30.0. The summed E-state index contributed by atoms with van der Waals surface area (Å²) in [4.78, 5) is 0. The Hall–Kier alpha value is -1.55. The van der Waals surface area contributed by atoms with Gasteiger partial charge in [-0.3, -0.25) is 0 Å². The van der Waals surface area contributed by atoms with E-state index in [4.69, 9.17) is 4.74 Å². The van der Waals surface area contributed by atoms with Crippen molar-refractivity contribution < 1.29 is 13.5 Å². The molecule has 2 aromatic rings. The lowest BCUT2D eigenvalue weighted by atomic mass is 9.77. The van der Waals surface area contributed by atoms with Crippen LogP contribution in [0.25, 0.3) is 11.1 Å². The number of hydrogen-bond acceptors (Lipinski definition) is 2. The first-order chi connectivity index (χ1) is 18.0. The fourth-order valence-electron chi connectivity index (χ4n) is 5.43. The van der Waals surface area contributed by atoms with Crippen LogP contribution in [0.5, 0.6) is 5.75 Å². The van der Waals surface area contributed by atoms with Crippen LogP contribution in [0, 0.1) is 23.5 Å². The third-order valence-corrected chi connectivity index (χ3v) is 9.28. The van der Waals surface area contributed by atoms with E-state index in [-0.39, 0.29) is 5.75 Å². The molecular weight excluding hydrogens is 482 g/mol. The van der Waals surface area contributed by atoms with Crippen LogP contribution >= 0.6 is 11.8 Å². The second kappa shape index (κ2) is 16.4. The van der Waals surface area contributed by atoms with Gasteiger partial charge in [0.25, 0.3) is 0 Å². The number of rotatable bonds is 16. The van der Waals surface area contributed by atoms with Crippen molar-refractivity contribution in [1.29, 1.82) is 0 Å². The molecule has 1 nitrogen and oxygen atoms in total. The summed E-state index contributed by atoms with van der Waals surface area (Å²) in [7, 11) is 0. The number of ether oxygens (including phenoxy) is 1. The van der Waals surface area contributed by atoms with Gasteiger partial charge in [0.1, 0.15) is 0 Å². The van der Waals surface area contributed by atoms with E-state index in [0.717, 1.165) is 31.1 Å². The zero-order valence-electron chi connectivity index (χ0n) is 23.4. The maximum atomic E-state index is 14.9. The second-order valence-corrected chi connectivity index (χ2v) is 12.3. The molecule has 4 heteroatoms. The maximum Gasteiger partial charge on any atom is 0.201 e. The van der Waals surface area contributed by atoms with Gasteiger partial charge in [0.05, 0.1) is 6.61 Å². The van der Waals surface area contributed by atoms with Gasteiger partial charge in [-0.05, 0) is 97.5 Å². The number of hydrogen-bond donors (Lipinski definition) is 0. The highest BCUT2D eigenvalue weighted by molar-refractivity contribution is 7.99. The van der Waals surface area contributed by atoms with Gasteiger partial charge in [0, 0.05) is 5.56 Å². The molecule has 37 heavy (non-hydrogen) atoms. The molecule has 1 fully saturated rings. The van der Waals surface area contributed by atoms with Crippen LogP contribution < -0.4 is 4.74 Å². The van der Waals surface area contributed by atoms with E-state index >= 15 is 0 Å². The van der Waals surface area contributed by atoms with Gasteiger partial charge < -0.3 is 4.74 Å². The SMILES string of the molecule is CCCC1CCC(c2ccc(-c3ccc(OCCCCCCSCCC(C)CC)c(F)c3F)cc2)CC1. The molecule has 0 aliphatic heterocycles. The zero-order chi connectivity index (χ0) is 26.5. The zero-order valence-corrected chi connectivity index (χ0v) is 24.2. The van der Waals surface area contributed by atoms with Crippen molar-refractivity contribution in [1.82, 2.24) is 0 Å². The molecule has 0 saturated heterocycles. The summed E-state index contributed by atoms with van der Waals surface area (Å²) in [5, 5.41) is 0. The quantitative estimate of drug-likeness (QED) is 0.200. The number of halogens is 2. The highest BCUT2D eigenvalue weighted by atomic mass is 32.2. The summed E-state index contributed by atoms with van der Waals surface area (Å²) in [6.07, 6.45) is 14.5. The third kappa shape index (κ3) is 9.61.